The molecule has 7 heteroatoms. The molecule has 0 unspecified atom stereocenters. The number of halogens is 1. The minimum absolute atomic E-state index is 0.0693. The van der Waals surface area contributed by atoms with Gasteiger partial charge in [-0.2, -0.15) is 10.2 Å². The number of hydrogen-bond acceptors (Lipinski definition) is 4. The number of aryl methyl sites for hydroxylation is 1. The predicted molar refractivity (Wildman–Crippen MR) is 135 cm³/mol. The van der Waals surface area contributed by atoms with Crippen molar-refractivity contribution in [3.05, 3.63) is 76.4 Å². The van der Waals surface area contributed by atoms with E-state index in [0.717, 1.165) is 59.8 Å². The number of aromatic nitrogens is 2. The maximum absolute atomic E-state index is 14.2. The molecule has 0 aliphatic carbocycles. The van der Waals surface area contributed by atoms with Crippen molar-refractivity contribution >= 4 is 29.0 Å². The van der Waals surface area contributed by atoms with E-state index in [1.54, 1.807) is 5.01 Å². The van der Waals surface area contributed by atoms with Gasteiger partial charge in [0.2, 0.25) is 0 Å². The Hall–Kier alpha value is -3.12. The van der Waals surface area contributed by atoms with Gasteiger partial charge in [0.25, 0.3) is 5.91 Å². The molecule has 0 N–H and O–H groups in total. The maximum Gasteiger partial charge on any atom is 0.257 e. The third-order valence-electron chi connectivity index (χ3n) is 7.77. The van der Waals surface area contributed by atoms with Crippen LogP contribution >= 0.6 is 11.6 Å². The fourth-order valence-electron chi connectivity index (χ4n) is 6.08. The van der Waals surface area contributed by atoms with Gasteiger partial charge in [-0.25, -0.2) is 9.69 Å². The van der Waals surface area contributed by atoms with Crippen LogP contribution < -0.4 is 4.90 Å². The summed E-state index contributed by atoms with van der Waals surface area (Å²) in [6.07, 6.45) is 3.83. The van der Waals surface area contributed by atoms with Gasteiger partial charge in [-0.3, -0.25) is 4.79 Å². The van der Waals surface area contributed by atoms with Crippen molar-refractivity contribution in [2.45, 2.75) is 52.1 Å². The number of carbonyl (C=O) groups excluding carboxylic acids is 1. The van der Waals surface area contributed by atoms with Crippen molar-refractivity contribution in [2.24, 2.45) is 10.5 Å². The molecule has 34 heavy (non-hydrogen) atoms. The highest BCUT2D eigenvalue weighted by molar-refractivity contribution is 6.31. The minimum atomic E-state index is -0.663. The zero-order valence-corrected chi connectivity index (χ0v) is 20.3. The monoisotopic (exact) mass is 473 g/mol. The molecule has 4 heterocycles. The number of fused-ring (bicyclic) bond motifs is 4. The van der Waals surface area contributed by atoms with E-state index in [-0.39, 0.29) is 11.9 Å². The lowest BCUT2D eigenvalue weighted by atomic mass is 9.66. The third kappa shape index (κ3) is 3.04. The largest absolute Gasteiger partial charge is 0.352 e. The number of rotatable bonds is 3. The van der Waals surface area contributed by atoms with E-state index in [4.69, 9.17) is 21.8 Å². The van der Waals surface area contributed by atoms with Gasteiger partial charge in [-0.15, -0.1) is 0 Å². The summed E-state index contributed by atoms with van der Waals surface area (Å²) < 4.78 is 2.07. The Balaban J connectivity index is 1.44. The minimum Gasteiger partial charge on any atom is -0.352 e. The van der Waals surface area contributed by atoms with Crippen molar-refractivity contribution in [2.75, 3.05) is 11.4 Å². The normalized spacial score (nSPS) is 23.8. The molecule has 174 valence electrons. The predicted octanol–water partition coefficient (Wildman–Crippen LogP) is 5.15. The molecule has 3 aromatic rings. The Morgan fingerprint density at radius 3 is 2.62 bits per heavy atom. The molecule has 1 saturated heterocycles. The molecule has 1 amide bonds. The van der Waals surface area contributed by atoms with E-state index in [9.17, 15) is 4.79 Å². The van der Waals surface area contributed by atoms with Crippen LogP contribution in [0.15, 0.2) is 59.7 Å². The smallest absolute Gasteiger partial charge is 0.257 e. The van der Waals surface area contributed by atoms with Gasteiger partial charge in [0, 0.05) is 17.1 Å². The van der Waals surface area contributed by atoms with Gasteiger partial charge in [0.05, 0.1) is 29.7 Å². The first-order valence-electron chi connectivity index (χ1n) is 12.0. The zero-order valence-electron chi connectivity index (χ0n) is 19.5. The highest BCUT2D eigenvalue weighted by Crippen LogP contribution is 2.50. The number of hydrogen-bond donors (Lipinski definition) is 0. The van der Waals surface area contributed by atoms with E-state index in [0.29, 0.717) is 18.0 Å². The van der Waals surface area contributed by atoms with Crippen molar-refractivity contribution in [3.8, 4) is 5.69 Å². The molecule has 1 aromatic heterocycles. The Labute approximate surface area is 204 Å². The second-order valence-corrected chi connectivity index (χ2v) is 10.0. The number of hydrazone groups is 1. The summed E-state index contributed by atoms with van der Waals surface area (Å²) in [6, 6.07) is 18.0. The van der Waals surface area contributed by atoms with E-state index in [2.05, 4.69) is 28.6 Å². The summed E-state index contributed by atoms with van der Waals surface area (Å²) in [7, 11) is 0. The summed E-state index contributed by atoms with van der Waals surface area (Å²) >= 11 is 6.42. The first-order chi connectivity index (χ1) is 16.5. The lowest BCUT2D eigenvalue weighted by molar-refractivity contribution is -0.138. The average molecular weight is 474 g/mol. The van der Waals surface area contributed by atoms with E-state index in [1.165, 1.54) is 0 Å². The topological polar surface area (TPSA) is 53.7 Å². The number of para-hydroxylation sites is 1. The second kappa shape index (κ2) is 7.98. The van der Waals surface area contributed by atoms with Crippen molar-refractivity contribution in [3.63, 3.8) is 0 Å². The molecule has 6 nitrogen and oxygen atoms in total. The standard InChI is InChI=1S/C27H28ClN5O/c1-18-22-16-27(19(2)30-32(26(27)34)17-20-10-6-7-13-23(20)28)24-14-8-9-15-31(24)25(22)33(29-18)21-11-4-3-5-12-21/h3-7,10-13,24H,8-9,14-17H2,1-2H3/t24-,27-/m0/s1. The first-order valence-corrected chi connectivity index (χ1v) is 12.4. The van der Waals surface area contributed by atoms with Crippen LogP contribution in [0.3, 0.4) is 0 Å². The van der Waals surface area contributed by atoms with Crippen LogP contribution in [0, 0.1) is 12.3 Å². The SMILES string of the molecule is CC1=NN(Cc2ccccc2Cl)C(=O)[C@@]12Cc1c(C)nn(-c3ccccc3)c1N1CCCC[C@H]12. The van der Waals surface area contributed by atoms with Crippen LogP contribution in [0.1, 0.15) is 43.0 Å². The number of anilines is 1. The molecule has 0 bridgehead atoms. The highest BCUT2D eigenvalue weighted by Gasteiger charge is 2.60. The lowest BCUT2D eigenvalue weighted by Gasteiger charge is -2.50. The van der Waals surface area contributed by atoms with Gasteiger partial charge in [-0.1, -0.05) is 48.0 Å². The zero-order chi connectivity index (χ0) is 23.4. The summed E-state index contributed by atoms with van der Waals surface area (Å²) in [5.41, 5.74) is 4.34. The number of amides is 1. The summed E-state index contributed by atoms with van der Waals surface area (Å²) in [5.74, 6) is 1.23. The van der Waals surface area contributed by atoms with Crippen LogP contribution in [0.25, 0.3) is 5.69 Å². The van der Waals surface area contributed by atoms with Crippen molar-refractivity contribution in [1.82, 2.24) is 14.8 Å². The van der Waals surface area contributed by atoms with Crippen LogP contribution in [0.4, 0.5) is 5.82 Å². The molecule has 0 saturated carbocycles. The van der Waals surface area contributed by atoms with Gasteiger partial charge >= 0.3 is 0 Å². The molecule has 3 aliphatic heterocycles. The quantitative estimate of drug-likeness (QED) is 0.528. The third-order valence-corrected chi connectivity index (χ3v) is 8.14. The number of nitrogens with zero attached hydrogens (tertiary/aromatic N) is 5. The lowest BCUT2D eigenvalue weighted by Crippen LogP contribution is -2.61. The molecule has 6 rings (SSSR count). The Kier molecular flexibility index (Phi) is 5.03. The molecule has 3 aliphatic rings. The number of benzene rings is 2. The van der Waals surface area contributed by atoms with Crippen LogP contribution in [-0.2, 0) is 17.8 Å². The van der Waals surface area contributed by atoms with Crippen molar-refractivity contribution < 1.29 is 4.79 Å². The number of piperidine rings is 1. The summed E-state index contributed by atoms with van der Waals surface area (Å²) in [4.78, 5) is 16.6. The van der Waals surface area contributed by atoms with Gasteiger partial charge < -0.3 is 4.90 Å². The van der Waals surface area contributed by atoms with Gasteiger partial charge in [0.15, 0.2) is 0 Å². The molecule has 2 atom stereocenters. The maximum atomic E-state index is 14.2. The van der Waals surface area contributed by atoms with E-state index >= 15 is 0 Å². The molecule has 1 fully saturated rings. The van der Waals surface area contributed by atoms with Crippen molar-refractivity contribution in [1.29, 1.82) is 0 Å². The highest BCUT2D eigenvalue weighted by atomic mass is 35.5. The fraction of sp³-hybridized carbons (Fsp3) is 0.370. The second-order valence-electron chi connectivity index (χ2n) is 9.63. The molecule has 0 radical (unpaired) electrons. The van der Waals surface area contributed by atoms with Crippen LogP contribution in [-0.4, -0.2) is 39.0 Å². The van der Waals surface area contributed by atoms with Gasteiger partial charge in [-0.05, 0) is 63.3 Å². The molecular weight excluding hydrogens is 446 g/mol. The Bertz CT molecular complexity index is 1300. The summed E-state index contributed by atoms with van der Waals surface area (Å²) in [5, 5.41) is 12.1. The average Bonchev–Trinajstić information content (AvgIpc) is 3.31. The van der Waals surface area contributed by atoms with Gasteiger partial charge in [0.1, 0.15) is 11.2 Å². The van der Waals surface area contributed by atoms with E-state index in [1.807, 2.05) is 49.4 Å². The molecular formula is C27H28ClN5O. The van der Waals surface area contributed by atoms with Crippen LogP contribution in [0.2, 0.25) is 5.02 Å². The summed E-state index contributed by atoms with van der Waals surface area (Å²) in [6.45, 7) is 5.39. The number of carbonyl (C=O) groups is 1. The van der Waals surface area contributed by atoms with E-state index < -0.39 is 5.41 Å². The first kappa shape index (κ1) is 21.4. The Morgan fingerprint density at radius 1 is 1.06 bits per heavy atom. The molecule has 2 aromatic carbocycles. The molecule has 1 spiro atoms. The fourth-order valence-corrected chi connectivity index (χ4v) is 6.27. The van der Waals surface area contributed by atoms with Crippen LogP contribution in [0.5, 0.6) is 0 Å². The Morgan fingerprint density at radius 2 is 1.82 bits per heavy atom.